The first-order chi connectivity index (χ1) is 25.8. The van der Waals surface area contributed by atoms with Gasteiger partial charge in [0.2, 0.25) is 0 Å². The summed E-state index contributed by atoms with van der Waals surface area (Å²) >= 11 is 0. The minimum atomic E-state index is 0.695. The molecular formula is C48H29N3O. The highest BCUT2D eigenvalue weighted by atomic mass is 16.5. The highest BCUT2D eigenvalue weighted by molar-refractivity contribution is 6.12. The molecule has 0 bridgehead atoms. The predicted molar refractivity (Wildman–Crippen MR) is 213 cm³/mol. The molecular weight excluding hydrogens is 635 g/mol. The van der Waals surface area contributed by atoms with Crippen LogP contribution >= 0.6 is 0 Å². The molecule has 3 heterocycles. The Labute approximate surface area is 299 Å². The molecule has 0 fully saturated rings. The Morgan fingerprint density at radius 2 is 1.12 bits per heavy atom. The SMILES string of the molecule is c1ccc(-c2ccc3c(c2)c2ccccc2n3-c2ccc3c(c2)-c2cccc4c(-c5nc(-c6ccccc6)c6ccccc6n5)ccc(c24)O3)cc1. The fourth-order valence-corrected chi connectivity index (χ4v) is 8.03. The zero-order valence-corrected chi connectivity index (χ0v) is 28.0. The van der Waals surface area contributed by atoms with Gasteiger partial charge in [0.15, 0.2) is 5.82 Å². The molecule has 0 saturated heterocycles. The lowest BCUT2D eigenvalue weighted by Crippen LogP contribution is -2.01. The number of hydrogen-bond acceptors (Lipinski definition) is 3. The van der Waals surface area contributed by atoms with Crippen molar-refractivity contribution in [1.29, 1.82) is 0 Å². The molecule has 4 heteroatoms. The average molecular weight is 664 g/mol. The number of nitrogens with zero attached hydrogens (tertiary/aromatic N) is 3. The van der Waals surface area contributed by atoms with E-state index in [4.69, 9.17) is 14.7 Å². The van der Waals surface area contributed by atoms with Crippen molar-refractivity contribution >= 4 is 43.5 Å². The van der Waals surface area contributed by atoms with E-state index in [9.17, 15) is 0 Å². The van der Waals surface area contributed by atoms with Crippen LogP contribution in [0.15, 0.2) is 176 Å². The fraction of sp³-hybridized carbons (Fsp3) is 0. The Balaban J connectivity index is 1.09. The van der Waals surface area contributed by atoms with E-state index in [2.05, 4.69) is 162 Å². The zero-order valence-electron chi connectivity index (χ0n) is 28.0. The van der Waals surface area contributed by atoms with Crippen LogP contribution < -0.4 is 4.74 Å². The molecule has 52 heavy (non-hydrogen) atoms. The molecule has 242 valence electrons. The summed E-state index contributed by atoms with van der Waals surface area (Å²) in [5.74, 6) is 2.38. The maximum atomic E-state index is 6.67. The van der Waals surface area contributed by atoms with E-state index >= 15 is 0 Å². The maximum Gasteiger partial charge on any atom is 0.161 e. The molecule has 0 saturated carbocycles. The van der Waals surface area contributed by atoms with Crippen molar-refractivity contribution in [3.8, 4) is 62.1 Å². The number of benzene rings is 8. The molecule has 4 nitrogen and oxygen atoms in total. The standard InChI is InChI=1S/C48H29N3O/c1-3-12-30(13-4-1)32-22-25-43-39(28-32)34-16-8-10-21-42(34)51(43)33-23-26-44-40(29-33)36-19-11-18-35-37(24-27-45(52-44)46(35)36)48-49-41-20-9-7-17-38(41)47(50-48)31-14-5-2-6-15-31/h1-29H. The highest BCUT2D eigenvalue weighted by Gasteiger charge is 2.24. The quantitative estimate of drug-likeness (QED) is 0.188. The van der Waals surface area contributed by atoms with Gasteiger partial charge in [0.1, 0.15) is 11.5 Å². The zero-order chi connectivity index (χ0) is 34.2. The summed E-state index contributed by atoms with van der Waals surface area (Å²) in [5, 5.41) is 5.62. The second kappa shape index (κ2) is 11.2. The smallest absolute Gasteiger partial charge is 0.161 e. The first-order valence-electron chi connectivity index (χ1n) is 17.6. The van der Waals surface area contributed by atoms with E-state index < -0.39 is 0 Å². The van der Waals surface area contributed by atoms with Crippen molar-refractivity contribution in [3.63, 3.8) is 0 Å². The molecule has 1 aliphatic rings. The fourth-order valence-electron chi connectivity index (χ4n) is 8.03. The van der Waals surface area contributed by atoms with Crippen molar-refractivity contribution in [3.05, 3.63) is 176 Å². The van der Waals surface area contributed by atoms with Crippen LogP contribution in [0.5, 0.6) is 11.5 Å². The molecule has 0 aliphatic carbocycles. The second-order valence-corrected chi connectivity index (χ2v) is 13.4. The summed E-state index contributed by atoms with van der Waals surface area (Å²) in [7, 11) is 0. The van der Waals surface area contributed by atoms with Crippen LogP contribution in [0, 0.1) is 0 Å². The summed E-state index contributed by atoms with van der Waals surface area (Å²) < 4.78 is 9.04. The Kier molecular flexibility index (Phi) is 6.22. The number of rotatable bonds is 4. The van der Waals surface area contributed by atoms with Gasteiger partial charge < -0.3 is 9.30 Å². The van der Waals surface area contributed by atoms with Gasteiger partial charge in [-0.1, -0.05) is 121 Å². The molecule has 0 radical (unpaired) electrons. The number of hydrogen-bond donors (Lipinski definition) is 0. The monoisotopic (exact) mass is 663 g/mol. The molecule has 11 rings (SSSR count). The number of fused-ring (bicyclic) bond motifs is 6. The van der Waals surface area contributed by atoms with Crippen LogP contribution in [0.2, 0.25) is 0 Å². The Hall–Kier alpha value is -7.04. The normalized spacial score (nSPS) is 12.0. The maximum absolute atomic E-state index is 6.67. The molecule has 10 aromatic rings. The third-order valence-corrected chi connectivity index (χ3v) is 10.4. The van der Waals surface area contributed by atoms with Crippen molar-refractivity contribution < 1.29 is 4.74 Å². The molecule has 1 aliphatic heterocycles. The largest absolute Gasteiger partial charge is 0.456 e. The molecule has 2 aromatic heterocycles. The van der Waals surface area contributed by atoms with Gasteiger partial charge in [-0.25, -0.2) is 9.97 Å². The number of ether oxygens (including phenoxy) is 1. The molecule has 0 N–H and O–H groups in total. The Morgan fingerprint density at radius 3 is 1.98 bits per heavy atom. The Morgan fingerprint density at radius 1 is 0.404 bits per heavy atom. The van der Waals surface area contributed by atoms with Crippen molar-refractivity contribution in [2.45, 2.75) is 0 Å². The summed E-state index contributed by atoms with van der Waals surface area (Å²) in [6.07, 6.45) is 0. The third kappa shape index (κ3) is 4.34. The van der Waals surface area contributed by atoms with Crippen LogP contribution in [0.25, 0.3) is 94.1 Å². The average Bonchev–Trinajstić information content (AvgIpc) is 3.55. The van der Waals surface area contributed by atoms with Gasteiger partial charge in [0, 0.05) is 43.9 Å². The van der Waals surface area contributed by atoms with E-state index in [-0.39, 0.29) is 0 Å². The van der Waals surface area contributed by atoms with Gasteiger partial charge >= 0.3 is 0 Å². The van der Waals surface area contributed by atoms with Crippen molar-refractivity contribution in [1.82, 2.24) is 14.5 Å². The van der Waals surface area contributed by atoms with Crippen LogP contribution in [0.4, 0.5) is 0 Å². The highest BCUT2D eigenvalue weighted by Crippen LogP contribution is 2.49. The van der Waals surface area contributed by atoms with Crippen LogP contribution in [-0.4, -0.2) is 14.5 Å². The van der Waals surface area contributed by atoms with Gasteiger partial charge in [-0.15, -0.1) is 0 Å². The summed E-state index contributed by atoms with van der Waals surface area (Å²) in [6.45, 7) is 0. The molecule has 0 amide bonds. The summed E-state index contributed by atoms with van der Waals surface area (Å²) in [4.78, 5) is 10.3. The van der Waals surface area contributed by atoms with E-state index in [0.717, 1.165) is 66.8 Å². The van der Waals surface area contributed by atoms with Crippen LogP contribution in [0.3, 0.4) is 0 Å². The van der Waals surface area contributed by atoms with Gasteiger partial charge in [-0.2, -0.15) is 0 Å². The van der Waals surface area contributed by atoms with E-state index in [1.165, 1.54) is 32.9 Å². The van der Waals surface area contributed by atoms with Gasteiger partial charge in [0.25, 0.3) is 0 Å². The molecule has 0 atom stereocenters. The predicted octanol–water partition coefficient (Wildman–Crippen LogP) is 12.7. The lowest BCUT2D eigenvalue weighted by atomic mass is 9.92. The minimum absolute atomic E-state index is 0.695. The Bertz CT molecular complexity index is 3040. The summed E-state index contributed by atoms with van der Waals surface area (Å²) in [5.41, 5.74) is 11.9. The van der Waals surface area contributed by atoms with Gasteiger partial charge in [0.05, 0.1) is 22.2 Å². The van der Waals surface area contributed by atoms with E-state index in [0.29, 0.717) is 5.82 Å². The first kappa shape index (κ1) is 28.8. The number of aromatic nitrogens is 3. The minimum Gasteiger partial charge on any atom is -0.456 e. The van der Waals surface area contributed by atoms with Crippen molar-refractivity contribution in [2.75, 3.05) is 0 Å². The lowest BCUT2D eigenvalue weighted by molar-refractivity contribution is 0.487. The number of para-hydroxylation sites is 2. The second-order valence-electron chi connectivity index (χ2n) is 13.4. The summed E-state index contributed by atoms with van der Waals surface area (Å²) in [6, 6.07) is 61.9. The van der Waals surface area contributed by atoms with E-state index in [1.54, 1.807) is 0 Å². The van der Waals surface area contributed by atoms with Crippen LogP contribution in [-0.2, 0) is 0 Å². The third-order valence-electron chi connectivity index (χ3n) is 10.4. The van der Waals surface area contributed by atoms with Gasteiger partial charge in [-0.05, 0) is 76.7 Å². The van der Waals surface area contributed by atoms with E-state index in [1.807, 2.05) is 18.2 Å². The molecule has 0 spiro atoms. The van der Waals surface area contributed by atoms with Gasteiger partial charge in [-0.3, -0.25) is 0 Å². The lowest BCUT2D eigenvalue weighted by Gasteiger charge is -2.23. The van der Waals surface area contributed by atoms with Crippen LogP contribution in [0.1, 0.15) is 0 Å². The topological polar surface area (TPSA) is 39.9 Å². The van der Waals surface area contributed by atoms with Crippen molar-refractivity contribution in [2.24, 2.45) is 0 Å². The first-order valence-corrected chi connectivity index (χ1v) is 17.6. The molecule has 0 unspecified atom stereocenters. The molecule has 8 aromatic carbocycles.